The van der Waals surface area contributed by atoms with Gasteiger partial charge in [0, 0.05) is 10.7 Å². The minimum Gasteiger partial charge on any atom is -0.367 e. The molecule has 0 radical (unpaired) electrons. The maximum Gasteiger partial charge on any atom is 0.295 e. The first-order chi connectivity index (χ1) is 11.1. The average Bonchev–Trinajstić information content (AvgIpc) is 2.82. The summed E-state index contributed by atoms with van der Waals surface area (Å²) >= 11 is 7.01. The van der Waals surface area contributed by atoms with Crippen molar-refractivity contribution in [3.8, 4) is 0 Å². The molecule has 1 heterocycles. The topological polar surface area (TPSA) is 49.4 Å². The highest BCUT2D eigenvalue weighted by Crippen LogP contribution is 2.33. The van der Waals surface area contributed by atoms with Crippen LogP contribution in [-0.2, 0) is 4.79 Å². The lowest BCUT2D eigenvalue weighted by atomic mass is 10.2. The number of rotatable bonds is 4. The predicted molar refractivity (Wildman–Crippen MR) is 94.2 cm³/mol. The summed E-state index contributed by atoms with van der Waals surface area (Å²) in [6, 6.07) is 16.6. The van der Waals surface area contributed by atoms with Gasteiger partial charge in [0.1, 0.15) is 0 Å². The smallest absolute Gasteiger partial charge is 0.295 e. The van der Waals surface area contributed by atoms with E-state index in [-0.39, 0.29) is 17.8 Å². The van der Waals surface area contributed by atoms with Crippen LogP contribution in [0.2, 0.25) is 5.02 Å². The zero-order valence-electron chi connectivity index (χ0n) is 12.0. The van der Waals surface area contributed by atoms with E-state index in [9.17, 15) is 9.59 Å². The number of carbonyl (C=O) groups is 2. The molecule has 2 aromatic carbocycles. The van der Waals surface area contributed by atoms with Crippen molar-refractivity contribution in [2.75, 3.05) is 12.0 Å². The highest BCUT2D eigenvalue weighted by molar-refractivity contribution is 8.18. The van der Waals surface area contributed by atoms with E-state index >= 15 is 0 Å². The van der Waals surface area contributed by atoms with Gasteiger partial charge in [-0.05, 0) is 41.6 Å². The summed E-state index contributed by atoms with van der Waals surface area (Å²) < 4.78 is 0. The van der Waals surface area contributed by atoms with Gasteiger partial charge in [-0.15, -0.1) is 0 Å². The number of carbonyl (C=O) groups excluding carboxylic acids is 2. The summed E-state index contributed by atoms with van der Waals surface area (Å²) in [5.41, 5.74) is 1.57. The molecule has 116 valence electrons. The molecule has 2 amide bonds. The number of imide groups is 1. The second kappa shape index (κ2) is 6.89. The van der Waals surface area contributed by atoms with Crippen LogP contribution in [0.1, 0.15) is 5.56 Å². The van der Waals surface area contributed by atoms with Crippen LogP contribution in [-0.4, -0.2) is 22.7 Å². The van der Waals surface area contributed by atoms with E-state index in [1.807, 2.05) is 42.5 Å². The molecule has 3 rings (SSSR count). The number of benzene rings is 2. The Labute approximate surface area is 143 Å². The summed E-state index contributed by atoms with van der Waals surface area (Å²) in [6.45, 7) is 0.133. The first-order valence-corrected chi connectivity index (χ1v) is 8.13. The van der Waals surface area contributed by atoms with Gasteiger partial charge in [0.05, 0.1) is 11.6 Å². The van der Waals surface area contributed by atoms with Crippen LogP contribution in [0.3, 0.4) is 0 Å². The number of thioether (sulfide) groups is 1. The fourth-order valence-electron chi connectivity index (χ4n) is 2.10. The van der Waals surface area contributed by atoms with Gasteiger partial charge in [-0.2, -0.15) is 0 Å². The van der Waals surface area contributed by atoms with Gasteiger partial charge in [0.2, 0.25) is 0 Å². The Morgan fingerprint density at radius 2 is 1.74 bits per heavy atom. The number of para-hydroxylation sites is 1. The number of anilines is 1. The molecule has 2 aromatic rings. The highest BCUT2D eigenvalue weighted by atomic mass is 35.5. The van der Waals surface area contributed by atoms with Crippen LogP contribution in [0.25, 0.3) is 6.08 Å². The van der Waals surface area contributed by atoms with Crippen LogP contribution in [0.5, 0.6) is 0 Å². The van der Waals surface area contributed by atoms with E-state index in [4.69, 9.17) is 11.6 Å². The molecule has 0 aromatic heterocycles. The maximum absolute atomic E-state index is 12.4. The summed E-state index contributed by atoms with van der Waals surface area (Å²) in [5, 5.41) is 3.31. The molecule has 6 heteroatoms. The summed E-state index contributed by atoms with van der Waals surface area (Å²) in [7, 11) is 0. The van der Waals surface area contributed by atoms with Crippen molar-refractivity contribution in [1.82, 2.24) is 4.90 Å². The van der Waals surface area contributed by atoms with Crippen molar-refractivity contribution in [2.45, 2.75) is 0 Å². The minimum absolute atomic E-state index is 0.133. The maximum atomic E-state index is 12.4. The molecule has 1 aliphatic rings. The second-order valence-electron chi connectivity index (χ2n) is 4.83. The molecule has 1 saturated heterocycles. The number of nitrogens with one attached hydrogen (secondary N) is 1. The van der Waals surface area contributed by atoms with Gasteiger partial charge < -0.3 is 5.32 Å². The Morgan fingerprint density at radius 1 is 1.04 bits per heavy atom. The Hall–Kier alpha value is -2.24. The van der Waals surface area contributed by atoms with Crippen molar-refractivity contribution in [3.05, 3.63) is 70.1 Å². The predicted octanol–water partition coefficient (Wildman–Crippen LogP) is 4.45. The molecule has 23 heavy (non-hydrogen) atoms. The van der Waals surface area contributed by atoms with Crippen molar-refractivity contribution in [3.63, 3.8) is 0 Å². The molecule has 0 spiro atoms. The van der Waals surface area contributed by atoms with Crippen LogP contribution in [0.15, 0.2) is 59.5 Å². The molecule has 0 saturated carbocycles. The molecule has 0 atom stereocenters. The second-order valence-corrected chi connectivity index (χ2v) is 6.23. The molecule has 1 fully saturated rings. The third-order valence-corrected chi connectivity index (χ3v) is 4.53. The fourth-order valence-corrected chi connectivity index (χ4v) is 3.12. The molecule has 4 nitrogen and oxygen atoms in total. The normalized spacial score (nSPS) is 16.2. The first kappa shape index (κ1) is 15.6. The summed E-state index contributed by atoms with van der Waals surface area (Å²) in [6.07, 6.45) is 1.65. The quantitative estimate of drug-likeness (QED) is 0.833. The Morgan fingerprint density at radius 3 is 2.48 bits per heavy atom. The Balaban J connectivity index is 1.74. The third kappa shape index (κ3) is 3.57. The summed E-state index contributed by atoms with van der Waals surface area (Å²) in [5.74, 6) is -0.316. The monoisotopic (exact) mass is 344 g/mol. The van der Waals surface area contributed by atoms with E-state index in [1.54, 1.807) is 18.2 Å². The zero-order valence-corrected chi connectivity index (χ0v) is 13.6. The summed E-state index contributed by atoms with van der Waals surface area (Å²) in [4.78, 5) is 26.0. The lowest BCUT2D eigenvalue weighted by molar-refractivity contribution is -0.122. The molecule has 0 unspecified atom stereocenters. The van der Waals surface area contributed by atoms with Gasteiger partial charge in [-0.1, -0.05) is 48.0 Å². The molecular formula is C17H13ClN2O2S. The van der Waals surface area contributed by atoms with Crippen LogP contribution in [0, 0.1) is 0 Å². The lowest BCUT2D eigenvalue weighted by Crippen LogP contribution is -2.33. The number of hydrogen-bond donors (Lipinski definition) is 1. The van der Waals surface area contributed by atoms with Gasteiger partial charge >= 0.3 is 0 Å². The average molecular weight is 345 g/mol. The zero-order chi connectivity index (χ0) is 16.2. The van der Waals surface area contributed by atoms with Crippen molar-refractivity contribution in [2.24, 2.45) is 0 Å². The lowest BCUT2D eigenvalue weighted by Gasteiger charge is -2.14. The van der Waals surface area contributed by atoms with Crippen LogP contribution >= 0.6 is 23.4 Å². The minimum atomic E-state index is -0.316. The Bertz CT molecular complexity index is 777. The number of halogens is 1. The third-order valence-electron chi connectivity index (χ3n) is 3.28. The standard InChI is InChI=1S/C17H13ClN2O2S/c18-14-9-5-4-6-12(14)10-15-16(21)20(17(22)23-15)11-19-13-7-2-1-3-8-13/h1-10,19H,11H2/b15-10-. The van der Waals surface area contributed by atoms with Crippen LogP contribution in [0.4, 0.5) is 10.5 Å². The van der Waals surface area contributed by atoms with E-state index in [0.29, 0.717) is 9.93 Å². The van der Waals surface area contributed by atoms with Crippen LogP contribution < -0.4 is 5.32 Å². The van der Waals surface area contributed by atoms with Gasteiger partial charge in [-0.3, -0.25) is 14.5 Å². The molecule has 1 N–H and O–H groups in total. The van der Waals surface area contributed by atoms with Gasteiger partial charge in [0.25, 0.3) is 11.1 Å². The van der Waals surface area contributed by atoms with Gasteiger partial charge in [-0.25, -0.2) is 0 Å². The SMILES string of the molecule is O=C1S/C(=C\c2ccccc2Cl)C(=O)N1CNc1ccccc1. The van der Waals surface area contributed by atoms with E-state index < -0.39 is 0 Å². The molecule has 0 aliphatic carbocycles. The Kier molecular flexibility index (Phi) is 4.69. The molecular weight excluding hydrogens is 332 g/mol. The van der Waals surface area contributed by atoms with E-state index in [2.05, 4.69) is 5.32 Å². The molecule has 0 bridgehead atoms. The fraction of sp³-hybridized carbons (Fsp3) is 0.0588. The number of amides is 2. The first-order valence-electron chi connectivity index (χ1n) is 6.94. The van der Waals surface area contributed by atoms with E-state index in [0.717, 1.165) is 23.0 Å². The van der Waals surface area contributed by atoms with E-state index in [1.165, 1.54) is 4.90 Å². The van der Waals surface area contributed by atoms with Gasteiger partial charge in [0.15, 0.2) is 0 Å². The number of hydrogen-bond acceptors (Lipinski definition) is 4. The largest absolute Gasteiger partial charge is 0.367 e. The van der Waals surface area contributed by atoms with Crippen molar-refractivity contribution in [1.29, 1.82) is 0 Å². The molecule has 1 aliphatic heterocycles. The van der Waals surface area contributed by atoms with Crippen molar-refractivity contribution >= 4 is 46.3 Å². The number of nitrogens with zero attached hydrogens (tertiary/aromatic N) is 1. The highest BCUT2D eigenvalue weighted by Gasteiger charge is 2.34. The van der Waals surface area contributed by atoms with Crippen molar-refractivity contribution < 1.29 is 9.59 Å².